The summed E-state index contributed by atoms with van der Waals surface area (Å²) in [6.07, 6.45) is 1.54. The number of carbonyl (C=O) groups excluding carboxylic acids is 1. The van der Waals surface area contributed by atoms with Crippen molar-refractivity contribution in [1.82, 2.24) is 4.90 Å². The number of rotatable bonds is 4. The number of ether oxygens (including phenoxy) is 1. The summed E-state index contributed by atoms with van der Waals surface area (Å²) >= 11 is 0. The Labute approximate surface area is 147 Å². The number of hydrogen-bond acceptors (Lipinski definition) is 2. The lowest BCUT2D eigenvalue weighted by Gasteiger charge is -2.25. The van der Waals surface area contributed by atoms with Gasteiger partial charge in [0.15, 0.2) is 0 Å². The molecule has 0 aliphatic carbocycles. The summed E-state index contributed by atoms with van der Waals surface area (Å²) in [6.45, 7) is 1.64. The zero-order valence-corrected chi connectivity index (χ0v) is 14.1. The number of hydrogen-bond donors (Lipinski definition) is 0. The largest absolute Gasteiger partial charge is 0.475 e. The third-order valence-corrected chi connectivity index (χ3v) is 4.74. The number of benzene rings is 3. The first kappa shape index (κ1) is 15.7. The predicted molar refractivity (Wildman–Crippen MR) is 99.6 cm³/mol. The van der Waals surface area contributed by atoms with Crippen molar-refractivity contribution in [2.45, 2.75) is 18.9 Å². The highest BCUT2D eigenvalue weighted by Crippen LogP contribution is 2.31. The topological polar surface area (TPSA) is 29.5 Å². The zero-order valence-electron chi connectivity index (χ0n) is 14.1. The maximum atomic E-state index is 13.1. The standard InChI is InChI=1S/C22H21NO2/c24-22(23-15-6-7-16-23)21(18-10-2-1-3-11-18)25-20-14-8-12-17-9-4-5-13-19(17)20/h1-5,8-14,21H,6-7,15-16H2/t21-/m1/s1. The van der Waals surface area contributed by atoms with Gasteiger partial charge in [-0.1, -0.05) is 66.7 Å². The monoisotopic (exact) mass is 331 g/mol. The fourth-order valence-corrected chi connectivity index (χ4v) is 3.42. The molecule has 1 aliphatic rings. The lowest BCUT2D eigenvalue weighted by atomic mass is 10.1. The highest BCUT2D eigenvalue weighted by molar-refractivity contribution is 5.89. The van der Waals surface area contributed by atoms with Crippen LogP contribution in [0, 0.1) is 0 Å². The van der Waals surface area contributed by atoms with Crippen molar-refractivity contribution >= 4 is 16.7 Å². The summed E-state index contributed by atoms with van der Waals surface area (Å²) in [5, 5.41) is 2.14. The van der Waals surface area contributed by atoms with E-state index in [0.717, 1.165) is 48.0 Å². The average Bonchev–Trinajstić information content (AvgIpc) is 3.21. The van der Waals surface area contributed by atoms with E-state index in [2.05, 4.69) is 12.1 Å². The highest BCUT2D eigenvalue weighted by atomic mass is 16.5. The molecule has 0 saturated carbocycles. The second-order valence-corrected chi connectivity index (χ2v) is 6.42. The smallest absolute Gasteiger partial charge is 0.268 e. The van der Waals surface area contributed by atoms with Crippen LogP contribution in [0.2, 0.25) is 0 Å². The van der Waals surface area contributed by atoms with Gasteiger partial charge in [0.2, 0.25) is 6.10 Å². The van der Waals surface area contributed by atoms with Crippen LogP contribution in [0.4, 0.5) is 0 Å². The van der Waals surface area contributed by atoms with Gasteiger partial charge in [0.1, 0.15) is 5.75 Å². The summed E-state index contributed by atoms with van der Waals surface area (Å²) in [7, 11) is 0. The van der Waals surface area contributed by atoms with E-state index in [0.29, 0.717) is 0 Å². The van der Waals surface area contributed by atoms with Crippen molar-refractivity contribution < 1.29 is 9.53 Å². The van der Waals surface area contributed by atoms with Gasteiger partial charge in [0.25, 0.3) is 5.91 Å². The highest BCUT2D eigenvalue weighted by Gasteiger charge is 2.29. The number of likely N-dealkylation sites (tertiary alicyclic amines) is 1. The minimum absolute atomic E-state index is 0.0524. The van der Waals surface area contributed by atoms with Crippen LogP contribution in [0.3, 0.4) is 0 Å². The Kier molecular flexibility index (Phi) is 4.38. The van der Waals surface area contributed by atoms with Gasteiger partial charge in [-0.2, -0.15) is 0 Å². The van der Waals surface area contributed by atoms with Gasteiger partial charge < -0.3 is 9.64 Å². The third-order valence-electron chi connectivity index (χ3n) is 4.74. The van der Waals surface area contributed by atoms with Crippen LogP contribution in [0.25, 0.3) is 10.8 Å². The van der Waals surface area contributed by atoms with Gasteiger partial charge in [-0.3, -0.25) is 4.79 Å². The Morgan fingerprint density at radius 2 is 1.52 bits per heavy atom. The summed E-state index contributed by atoms with van der Waals surface area (Å²) in [4.78, 5) is 15.0. The molecule has 1 amide bonds. The average molecular weight is 331 g/mol. The van der Waals surface area contributed by atoms with Crippen molar-refractivity contribution in [3.05, 3.63) is 78.4 Å². The predicted octanol–water partition coefficient (Wildman–Crippen LogP) is 4.58. The van der Waals surface area contributed by atoms with Gasteiger partial charge in [-0.15, -0.1) is 0 Å². The molecular formula is C22H21NO2. The Morgan fingerprint density at radius 3 is 2.32 bits per heavy atom. The van der Waals surface area contributed by atoms with Gasteiger partial charge in [0.05, 0.1) is 0 Å². The quantitative estimate of drug-likeness (QED) is 0.700. The van der Waals surface area contributed by atoms with Gasteiger partial charge in [-0.25, -0.2) is 0 Å². The molecule has 0 N–H and O–H groups in total. The molecule has 126 valence electrons. The first-order valence-electron chi connectivity index (χ1n) is 8.81. The molecular weight excluding hydrogens is 310 g/mol. The van der Waals surface area contributed by atoms with Crippen LogP contribution in [0.5, 0.6) is 5.75 Å². The second kappa shape index (κ2) is 6.98. The number of fused-ring (bicyclic) bond motifs is 1. The molecule has 0 aromatic heterocycles. The molecule has 0 radical (unpaired) electrons. The molecule has 1 atom stereocenters. The molecule has 3 heteroatoms. The van der Waals surface area contributed by atoms with Crippen molar-refractivity contribution in [3.63, 3.8) is 0 Å². The van der Waals surface area contributed by atoms with E-state index in [1.807, 2.05) is 65.6 Å². The van der Waals surface area contributed by atoms with Crippen LogP contribution >= 0.6 is 0 Å². The first-order valence-corrected chi connectivity index (χ1v) is 8.81. The fraction of sp³-hybridized carbons (Fsp3) is 0.227. The SMILES string of the molecule is O=C([C@H](Oc1cccc2ccccc12)c1ccccc1)N1CCCC1. The van der Waals surface area contributed by atoms with E-state index < -0.39 is 6.10 Å². The Morgan fingerprint density at radius 1 is 0.840 bits per heavy atom. The summed E-state index contributed by atoms with van der Waals surface area (Å²) in [5.74, 6) is 0.802. The number of carbonyl (C=O) groups is 1. The molecule has 0 bridgehead atoms. The van der Waals surface area contributed by atoms with E-state index in [1.165, 1.54) is 0 Å². The summed E-state index contributed by atoms with van der Waals surface area (Å²) in [6, 6.07) is 23.8. The second-order valence-electron chi connectivity index (χ2n) is 6.42. The fourth-order valence-electron chi connectivity index (χ4n) is 3.42. The van der Waals surface area contributed by atoms with Crippen LogP contribution in [0.15, 0.2) is 72.8 Å². The molecule has 3 aromatic carbocycles. The maximum Gasteiger partial charge on any atom is 0.268 e. The van der Waals surface area contributed by atoms with Gasteiger partial charge in [0, 0.05) is 24.0 Å². The first-order chi connectivity index (χ1) is 12.3. The molecule has 25 heavy (non-hydrogen) atoms. The Bertz CT molecular complexity index is 864. The summed E-state index contributed by atoms with van der Waals surface area (Å²) in [5.41, 5.74) is 0.896. The van der Waals surface area contributed by atoms with Gasteiger partial charge in [-0.05, 0) is 24.3 Å². The van der Waals surface area contributed by atoms with Crippen molar-refractivity contribution in [2.75, 3.05) is 13.1 Å². The molecule has 1 heterocycles. The summed E-state index contributed by atoms with van der Waals surface area (Å²) < 4.78 is 6.30. The van der Waals surface area contributed by atoms with Crippen LogP contribution in [0.1, 0.15) is 24.5 Å². The molecule has 1 saturated heterocycles. The number of nitrogens with zero attached hydrogens (tertiary/aromatic N) is 1. The maximum absolute atomic E-state index is 13.1. The van der Waals surface area contributed by atoms with Gasteiger partial charge >= 0.3 is 0 Å². The van der Waals surface area contributed by atoms with Crippen molar-refractivity contribution in [3.8, 4) is 5.75 Å². The Hall–Kier alpha value is -2.81. The van der Waals surface area contributed by atoms with E-state index >= 15 is 0 Å². The molecule has 3 aromatic rings. The molecule has 3 nitrogen and oxygen atoms in total. The van der Waals surface area contributed by atoms with Crippen LogP contribution in [-0.4, -0.2) is 23.9 Å². The molecule has 1 fully saturated rings. The van der Waals surface area contributed by atoms with E-state index in [1.54, 1.807) is 0 Å². The molecule has 0 spiro atoms. The van der Waals surface area contributed by atoms with E-state index in [-0.39, 0.29) is 5.91 Å². The minimum atomic E-state index is -0.606. The molecule has 0 unspecified atom stereocenters. The van der Waals surface area contributed by atoms with Crippen molar-refractivity contribution in [1.29, 1.82) is 0 Å². The zero-order chi connectivity index (χ0) is 17.1. The number of amides is 1. The lowest BCUT2D eigenvalue weighted by molar-refractivity contribution is -0.137. The molecule has 1 aliphatic heterocycles. The van der Waals surface area contributed by atoms with E-state index in [9.17, 15) is 4.79 Å². The third kappa shape index (κ3) is 3.22. The minimum Gasteiger partial charge on any atom is -0.475 e. The van der Waals surface area contributed by atoms with Crippen molar-refractivity contribution in [2.24, 2.45) is 0 Å². The van der Waals surface area contributed by atoms with Crippen LogP contribution in [-0.2, 0) is 4.79 Å². The normalized spacial score (nSPS) is 15.3. The molecule has 4 rings (SSSR count). The lowest BCUT2D eigenvalue weighted by Crippen LogP contribution is -2.35. The Balaban J connectivity index is 1.71. The van der Waals surface area contributed by atoms with Crippen LogP contribution < -0.4 is 4.74 Å². The van der Waals surface area contributed by atoms with E-state index in [4.69, 9.17) is 4.74 Å².